The van der Waals surface area contributed by atoms with Crippen molar-refractivity contribution < 1.29 is 14.2 Å². The third kappa shape index (κ3) is 3.30. The molecule has 2 aliphatic rings. The van der Waals surface area contributed by atoms with E-state index in [1.165, 1.54) is 0 Å². The highest BCUT2D eigenvalue weighted by Crippen LogP contribution is 2.44. The first-order chi connectivity index (χ1) is 15.4. The summed E-state index contributed by atoms with van der Waals surface area (Å²) >= 11 is 0. The number of aromatic nitrogens is 4. The number of nitriles is 1. The number of fused-ring (bicyclic) bond motifs is 2. The summed E-state index contributed by atoms with van der Waals surface area (Å²) in [6, 6.07) is 7.71. The van der Waals surface area contributed by atoms with Crippen LogP contribution < -0.4 is 0 Å². The van der Waals surface area contributed by atoms with E-state index < -0.39 is 17.6 Å². The van der Waals surface area contributed by atoms with Crippen molar-refractivity contribution in [2.75, 3.05) is 6.54 Å². The second-order valence-electron chi connectivity index (χ2n) is 9.11. The first kappa shape index (κ1) is 20.2. The van der Waals surface area contributed by atoms with Gasteiger partial charge in [-0.3, -0.25) is 10.00 Å². The van der Waals surface area contributed by atoms with E-state index in [1.54, 1.807) is 11.1 Å². The summed E-state index contributed by atoms with van der Waals surface area (Å²) in [7, 11) is 0. The number of aromatic amines is 1. The summed E-state index contributed by atoms with van der Waals surface area (Å²) < 4.78 is 10.6. The van der Waals surface area contributed by atoms with Gasteiger partial charge in [-0.2, -0.15) is 10.4 Å². The molecule has 3 aromatic rings. The second-order valence-corrected chi connectivity index (χ2v) is 9.11. The van der Waals surface area contributed by atoms with Crippen LogP contribution in [-0.4, -0.2) is 55.4 Å². The van der Waals surface area contributed by atoms with Crippen LogP contribution in [-0.2, 0) is 4.74 Å². The Morgan fingerprint density at radius 2 is 2.16 bits per heavy atom. The third-order valence-corrected chi connectivity index (χ3v) is 5.89. The van der Waals surface area contributed by atoms with Crippen LogP contribution in [0, 0.1) is 17.2 Å². The van der Waals surface area contributed by atoms with Gasteiger partial charge < -0.3 is 4.74 Å². The van der Waals surface area contributed by atoms with Crippen molar-refractivity contribution in [3.05, 3.63) is 35.5 Å². The lowest BCUT2D eigenvalue weighted by Gasteiger charge is -2.34. The van der Waals surface area contributed by atoms with Crippen LogP contribution in [0.5, 0.6) is 0 Å². The highest BCUT2D eigenvalue weighted by atomic mass is 16.6. The molecule has 0 saturated carbocycles. The molecule has 1 saturated heterocycles. The Kier molecular flexibility index (Phi) is 4.69. The molecule has 0 radical (unpaired) electrons. The standard InChI is InChI=1S/C22H23N7O3/c1-22(2,3)31-21(30)29-9-5-8-16(29)19-13(10-23)17(14-11-24-26-20(14)25-19)12-6-4-7-15-18(12)28-32-27-15/h4,6-7,11,13,16-17H,5,8-9H2,1-3H3,(H,24,26). The van der Waals surface area contributed by atoms with Crippen molar-refractivity contribution in [3.8, 4) is 6.07 Å². The topological polar surface area (TPSA) is 133 Å². The maximum absolute atomic E-state index is 12.9. The van der Waals surface area contributed by atoms with E-state index >= 15 is 0 Å². The second kappa shape index (κ2) is 7.44. The van der Waals surface area contributed by atoms with Gasteiger partial charge >= 0.3 is 6.09 Å². The number of carbonyl (C=O) groups is 1. The van der Waals surface area contributed by atoms with Crippen molar-refractivity contribution in [3.63, 3.8) is 0 Å². The number of H-pyrrole nitrogens is 1. The Hall–Kier alpha value is -3.74. The molecule has 3 atom stereocenters. The fourth-order valence-corrected chi connectivity index (χ4v) is 4.62. The molecule has 1 N–H and O–H groups in total. The summed E-state index contributed by atoms with van der Waals surface area (Å²) in [4.78, 5) is 19.4. The van der Waals surface area contributed by atoms with Gasteiger partial charge in [0.2, 0.25) is 0 Å². The smallest absolute Gasteiger partial charge is 0.410 e. The molecular formula is C22H23N7O3. The molecule has 0 aliphatic carbocycles. The summed E-state index contributed by atoms with van der Waals surface area (Å²) in [5.41, 5.74) is 2.85. The van der Waals surface area contributed by atoms with Crippen LogP contribution in [0.4, 0.5) is 10.6 Å². The molecule has 4 heterocycles. The van der Waals surface area contributed by atoms with E-state index in [0.717, 1.165) is 17.5 Å². The molecule has 1 aromatic carbocycles. The van der Waals surface area contributed by atoms with Crippen LogP contribution >= 0.6 is 0 Å². The molecule has 3 unspecified atom stereocenters. The number of nitrogens with one attached hydrogen (secondary N) is 1. The lowest BCUT2D eigenvalue weighted by atomic mass is 9.75. The summed E-state index contributed by atoms with van der Waals surface area (Å²) in [5, 5.41) is 25.4. The predicted molar refractivity (Wildman–Crippen MR) is 114 cm³/mol. The Balaban J connectivity index is 1.59. The maximum Gasteiger partial charge on any atom is 0.410 e. The highest BCUT2D eigenvalue weighted by Gasteiger charge is 2.44. The molecule has 32 heavy (non-hydrogen) atoms. The van der Waals surface area contributed by atoms with Gasteiger partial charge in [0.1, 0.15) is 16.6 Å². The van der Waals surface area contributed by atoms with E-state index in [4.69, 9.17) is 14.4 Å². The highest BCUT2D eigenvalue weighted by molar-refractivity contribution is 6.00. The molecule has 0 bridgehead atoms. The zero-order chi connectivity index (χ0) is 22.5. The lowest BCUT2D eigenvalue weighted by molar-refractivity contribution is 0.0264. The Morgan fingerprint density at radius 3 is 2.94 bits per heavy atom. The van der Waals surface area contributed by atoms with Gasteiger partial charge in [-0.1, -0.05) is 12.1 Å². The van der Waals surface area contributed by atoms with Crippen LogP contribution in [0.2, 0.25) is 0 Å². The fraction of sp³-hybridized carbons (Fsp3) is 0.455. The van der Waals surface area contributed by atoms with Crippen molar-refractivity contribution in [2.24, 2.45) is 10.9 Å². The lowest BCUT2D eigenvalue weighted by Crippen LogP contribution is -2.46. The number of carbonyl (C=O) groups excluding carboxylic acids is 1. The van der Waals surface area contributed by atoms with Crippen LogP contribution in [0.15, 0.2) is 34.0 Å². The summed E-state index contributed by atoms with van der Waals surface area (Å²) in [6.07, 6.45) is 2.82. The molecule has 10 nitrogen and oxygen atoms in total. The van der Waals surface area contributed by atoms with E-state index in [-0.39, 0.29) is 12.0 Å². The molecule has 10 heteroatoms. The number of amides is 1. The Bertz CT molecular complexity index is 1250. The van der Waals surface area contributed by atoms with Gasteiger partial charge in [-0.05, 0) is 55.6 Å². The van der Waals surface area contributed by atoms with Crippen LogP contribution in [0.3, 0.4) is 0 Å². The number of benzene rings is 1. The first-order valence-electron chi connectivity index (χ1n) is 10.6. The average molecular weight is 433 g/mol. The molecule has 5 rings (SSSR count). The molecule has 1 amide bonds. The number of aliphatic imine (C=N–C) groups is 1. The normalized spacial score (nSPS) is 23.0. The zero-order valence-electron chi connectivity index (χ0n) is 18.1. The Labute approximate surface area is 184 Å². The Morgan fingerprint density at radius 1 is 1.31 bits per heavy atom. The van der Waals surface area contributed by atoms with Gasteiger partial charge in [0.25, 0.3) is 0 Å². The van der Waals surface area contributed by atoms with Crippen molar-refractivity contribution >= 4 is 28.7 Å². The zero-order valence-corrected chi connectivity index (χ0v) is 18.1. The SMILES string of the molecule is CC(C)(C)OC(=O)N1CCCC1C1=Nc2[nH]ncc2C(c2cccc3nonc23)C1C#N. The van der Waals surface area contributed by atoms with Gasteiger partial charge in [0.05, 0.1) is 29.9 Å². The number of ether oxygens (including phenoxy) is 1. The van der Waals surface area contributed by atoms with Crippen molar-refractivity contribution in [1.29, 1.82) is 5.26 Å². The van der Waals surface area contributed by atoms with E-state index in [0.29, 0.717) is 35.5 Å². The summed E-state index contributed by atoms with van der Waals surface area (Å²) in [5.74, 6) is -0.408. The molecular weight excluding hydrogens is 410 g/mol. The monoisotopic (exact) mass is 433 g/mol. The molecule has 164 valence electrons. The minimum atomic E-state index is -0.615. The summed E-state index contributed by atoms with van der Waals surface area (Å²) in [6.45, 7) is 6.07. The minimum Gasteiger partial charge on any atom is -0.444 e. The maximum atomic E-state index is 12.9. The third-order valence-electron chi connectivity index (χ3n) is 5.89. The van der Waals surface area contributed by atoms with Crippen LogP contribution in [0.25, 0.3) is 11.0 Å². The van der Waals surface area contributed by atoms with Gasteiger partial charge in [-0.15, -0.1) is 0 Å². The number of hydrogen-bond acceptors (Lipinski definition) is 8. The van der Waals surface area contributed by atoms with Crippen molar-refractivity contribution in [2.45, 2.75) is 51.2 Å². The van der Waals surface area contributed by atoms with Gasteiger partial charge in [-0.25, -0.2) is 14.4 Å². The fourth-order valence-electron chi connectivity index (χ4n) is 4.62. The number of hydrogen-bond donors (Lipinski definition) is 1. The number of rotatable bonds is 2. The number of likely N-dealkylation sites (tertiary alicyclic amines) is 1. The quantitative estimate of drug-likeness (QED) is 0.651. The average Bonchev–Trinajstić information content (AvgIpc) is 3.50. The molecule has 2 aromatic heterocycles. The van der Waals surface area contributed by atoms with E-state index in [2.05, 4.69) is 26.6 Å². The van der Waals surface area contributed by atoms with Crippen molar-refractivity contribution in [1.82, 2.24) is 25.4 Å². The molecule has 2 aliphatic heterocycles. The van der Waals surface area contributed by atoms with Gasteiger partial charge in [0, 0.05) is 18.0 Å². The van der Waals surface area contributed by atoms with Gasteiger partial charge in [0.15, 0.2) is 5.82 Å². The molecule has 1 fully saturated rings. The number of nitrogens with zero attached hydrogens (tertiary/aromatic N) is 6. The van der Waals surface area contributed by atoms with E-state index in [1.807, 2.05) is 39.0 Å². The van der Waals surface area contributed by atoms with Crippen LogP contribution in [0.1, 0.15) is 50.7 Å². The molecule has 0 spiro atoms. The minimum absolute atomic E-state index is 0.330. The predicted octanol–water partition coefficient (Wildman–Crippen LogP) is 3.70. The van der Waals surface area contributed by atoms with E-state index in [9.17, 15) is 10.1 Å². The first-order valence-corrected chi connectivity index (χ1v) is 10.6. The largest absolute Gasteiger partial charge is 0.444 e.